The van der Waals surface area contributed by atoms with E-state index in [-0.39, 0.29) is 55.0 Å². The number of hydrogen-bond acceptors (Lipinski definition) is 9. The number of aryl methyl sites for hydroxylation is 2. The third-order valence-corrected chi connectivity index (χ3v) is 6.78. The molecule has 0 saturated heterocycles. The minimum Gasteiger partial charge on any atom is -0.506 e. The Balaban J connectivity index is 1.66. The van der Waals surface area contributed by atoms with E-state index >= 15 is 0 Å². The fraction of sp³-hybridized carbons (Fsp3) is 0.100. The highest BCUT2D eigenvalue weighted by molar-refractivity contribution is 7.92. The lowest BCUT2D eigenvalue weighted by molar-refractivity contribution is 0.390. The van der Waals surface area contributed by atoms with Gasteiger partial charge >= 0.3 is 5.69 Å². The Kier molecular flexibility index (Phi) is 6.32. The first-order valence-electron chi connectivity index (χ1n) is 9.61. The van der Waals surface area contributed by atoms with Gasteiger partial charge in [0.2, 0.25) is 0 Å². The maximum atomic E-state index is 12.8. The van der Waals surface area contributed by atoms with E-state index in [0.29, 0.717) is 0 Å². The van der Waals surface area contributed by atoms with Crippen molar-refractivity contribution in [2.75, 3.05) is 4.72 Å². The molecular formula is C20H15Cl2N5O7S. The summed E-state index contributed by atoms with van der Waals surface area (Å²) in [5.74, 6) is -0.227. The molecule has 2 aromatic heterocycles. The highest BCUT2D eigenvalue weighted by Crippen LogP contribution is 2.40. The lowest BCUT2D eigenvalue weighted by atomic mass is 10.2. The van der Waals surface area contributed by atoms with Gasteiger partial charge in [0.05, 0.1) is 21.4 Å². The number of halogens is 2. The Morgan fingerprint density at radius 2 is 1.83 bits per heavy atom. The van der Waals surface area contributed by atoms with Crippen LogP contribution in [0.5, 0.6) is 17.2 Å². The topological polar surface area (TPSA) is 169 Å². The van der Waals surface area contributed by atoms with Gasteiger partial charge in [0.1, 0.15) is 23.4 Å². The van der Waals surface area contributed by atoms with Crippen molar-refractivity contribution in [2.45, 2.75) is 18.7 Å². The van der Waals surface area contributed by atoms with E-state index in [1.54, 1.807) is 0 Å². The lowest BCUT2D eigenvalue weighted by Gasteiger charge is -2.14. The third kappa shape index (κ3) is 4.87. The molecule has 0 aliphatic rings. The van der Waals surface area contributed by atoms with Crippen molar-refractivity contribution < 1.29 is 22.8 Å². The maximum absolute atomic E-state index is 12.8. The summed E-state index contributed by atoms with van der Waals surface area (Å²) in [5, 5.41) is 17.5. The number of aromatic hydroxyl groups is 1. The van der Waals surface area contributed by atoms with Gasteiger partial charge in [0, 0.05) is 6.07 Å². The number of rotatable bonds is 6. The fourth-order valence-corrected chi connectivity index (χ4v) is 5.09. The van der Waals surface area contributed by atoms with Crippen molar-refractivity contribution >= 4 is 38.9 Å². The van der Waals surface area contributed by atoms with E-state index in [9.17, 15) is 23.1 Å². The molecule has 4 rings (SSSR count). The van der Waals surface area contributed by atoms with Crippen molar-refractivity contribution in [1.29, 1.82) is 0 Å². The SMILES string of the molecule is Cc1noc(C)c1S(=O)(=O)Nc1cc(Oc2c(Cl)cc(-n3ncc(=O)[nH]c3=O)cc2Cl)ccc1O. The number of aromatic nitrogens is 4. The van der Waals surface area contributed by atoms with Crippen LogP contribution in [0.2, 0.25) is 10.0 Å². The molecule has 2 aromatic carbocycles. The standard InChI is InChI=1S/C20H15Cl2N5O7S/c1-9-19(10(2)34-25-9)35(31,32)26-15-7-12(3-4-16(15)28)33-18-13(21)5-11(6-14(18)22)27-20(30)24-17(29)8-23-27/h3-8,26,28H,1-2H3,(H,24,29,30). The normalized spacial score (nSPS) is 11.4. The molecule has 0 spiro atoms. The number of sulfonamides is 1. The van der Waals surface area contributed by atoms with Crippen molar-refractivity contribution in [2.24, 2.45) is 0 Å². The van der Waals surface area contributed by atoms with Crippen molar-refractivity contribution in [1.82, 2.24) is 19.9 Å². The van der Waals surface area contributed by atoms with Crippen LogP contribution < -0.4 is 20.7 Å². The van der Waals surface area contributed by atoms with Crippen LogP contribution in [0.1, 0.15) is 11.5 Å². The monoisotopic (exact) mass is 539 g/mol. The van der Waals surface area contributed by atoms with Crippen LogP contribution in [0.25, 0.3) is 5.69 Å². The molecular weight excluding hydrogens is 525 g/mol. The second-order valence-corrected chi connectivity index (χ2v) is 9.56. The molecule has 12 nitrogen and oxygen atoms in total. The summed E-state index contributed by atoms with van der Waals surface area (Å²) < 4.78 is 39.4. The van der Waals surface area contributed by atoms with Gasteiger partial charge in [-0.25, -0.2) is 13.2 Å². The molecule has 0 unspecified atom stereocenters. The first-order chi connectivity index (χ1) is 16.5. The van der Waals surface area contributed by atoms with Gasteiger partial charge in [-0.15, -0.1) is 0 Å². The van der Waals surface area contributed by atoms with Gasteiger partial charge in [-0.2, -0.15) is 9.78 Å². The summed E-state index contributed by atoms with van der Waals surface area (Å²) >= 11 is 12.6. The summed E-state index contributed by atoms with van der Waals surface area (Å²) in [5.41, 5.74) is -1.34. The molecule has 35 heavy (non-hydrogen) atoms. The Bertz CT molecular complexity index is 1640. The average Bonchev–Trinajstić information content (AvgIpc) is 3.11. The number of benzene rings is 2. The Morgan fingerprint density at radius 3 is 2.43 bits per heavy atom. The second kappa shape index (κ2) is 9.09. The number of phenolic OH excluding ortho intramolecular Hbond substituents is 1. The van der Waals surface area contributed by atoms with Crippen LogP contribution in [0, 0.1) is 13.8 Å². The van der Waals surface area contributed by atoms with Crippen LogP contribution in [-0.4, -0.2) is 33.4 Å². The van der Waals surface area contributed by atoms with Gasteiger partial charge < -0.3 is 14.4 Å². The van der Waals surface area contributed by atoms with E-state index in [0.717, 1.165) is 10.9 Å². The van der Waals surface area contributed by atoms with Crippen LogP contribution in [0.15, 0.2) is 55.5 Å². The van der Waals surface area contributed by atoms with Crippen LogP contribution in [0.3, 0.4) is 0 Å². The van der Waals surface area contributed by atoms with E-state index in [1.807, 2.05) is 0 Å². The summed E-state index contributed by atoms with van der Waals surface area (Å²) in [6.45, 7) is 2.91. The van der Waals surface area contributed by atoms with E-state index in [2.05, 4.69) is 20.0 Å². The summed E-state index contributed by atoms with van der Waals surface area (Å²) in [4.78, 5) is 25.1. The Morgan fingerprint density at radius 1 is 1.14 bits per heavy atom. The average molecular weight is 540 g/mol. The molecule has 0 aliphatic heterocycles. The van der Waals surface area contributed by atoms with Crippen LogP contribution in [0.4, 0.5) is 5.69 Å². The minimum atomic E-state index is -4.14. The van der Waals surface area contributed by atoms with Crippen molar-refractivity contribution in [3.63, 3.8) is 0 Å². The number of H-pyrrole nitrogens is 1. The first kappa shape index (κ1) is 24.3. The smallest absolute Gasteiger partial charge is 0.349 e. The molecule has 0 aliphatic carbocycles. The zero-order chi connectivity index (χ0) is 25.5. The summed E-state index contributed by atoms with van der Waals surface area (Å²) in [7, 11) is -4.14. The number of anilines is 1. The highest BCUT2D eigenvalue weighted by atomic mass is 35.5. The van der Waals surface area contributed by atoms with Crippen molar-refractivity contribution in [3.05, 3.63) is 78.9 Å². The number of nitrogens with zero attached hydrogens (tertiary/aromatic N) is 3. The van der Waals surface area contributed by atoms with Gasteiger partial charge in [-0.05, 0) is 38.1 Å². The van der Waals surface area contributed by atoms with Crippen molar-refractivity contribution in [3.8, 4) is 22.9 Å². The molecule has 0 atom stereocenters. The zero-order valence-corrected chi connectivity index (χ0v) is 20.2. The molecule has 0 radical (unpaired) electrons. The molecule has 0 amide bonds. The lowest BCUT2D eigenvalue weighted by Crippen LogP contribution is -2.30. The summed E-state index contributed by atoms with van der Waals surface area (Å²) in [6.07, 6.45) is 0.912. The molecule has 15 heteroatoms. The maximum Gasteiger partial charge on any atom is 0.349 e. The fourth-order valence-electron chi connectivity index (χ4n) is 3.14. The van der Waals surface area contributed by atoms with Gasteiger partial charge in [-0.1, -0.05) is 28.4 Å². The number of phenols is 1. The summed E-state index contributed by atoms with van der Waals surface area (Å²) in [6, 6.07) is 6.45. The molecule has 2 heterocycles. The molecule has 3 N–H and O–H groups in total. The molecule has 4 aromatic rings. The highest BCUT2D eigenvalue weighted by Gasteiger charge is 2.25. The van der Waals surface area contributed by atoms with E-state index in [1.165, 1.54) is 44.2 Å². The van der Waals surface area contributed by atoms with Crippen LogP contribution in [-0.2, 0) is 10.0 Å². The second-order valence-electron chi connectivity index (χ2n) is 7.13. The number of ether oxygens (including phenoxy) is 1. The van der Waals surface area contributed by atoms with E-state index < -0.39 is 21.3 Å². The quantitative estimate of drug-likeness (QED) is 0.311. The first-order valence-corrected chi connectivity index (χ1v) is 11.8. The van der Waals surface area contributed by atoms with Gasteiger partial charge in [0.25, 0.3) is 15.6 Å². The molecule has 0 saturated carbocycles. The minimum absolute atomic E-state index is 0.0141. The zero-order valence-electron chi connectivity index (χ0n) is 17.9. The number of aromatic amines is 1. The third-order valence-electron chi connectivity index (χ3n) is 4.61. The molecule has 182 valence electrons. The predicted molar refractivity (Wildman–Crippen MR) is 125 cm³/mol. The molecule has 0 bridgehead atoms. The van der Waals surface area contributed by atoms with Gasteiger partial charge in [-0.3, -0.25) is 14.5 Å². The number of nitrogens with one attached hydrogen (secondary N) is 2. The van der Waals surface area contributed by atoms with E-state index in [4.69, 9.17) is 32.5 Å². The predicted octanol–water partition coefficient (Wildman–Crippen LogP) is 3.13. The van der Waals surface area contributed by atoms with Gasteiger partial charge in [0.15, 0.2) is 16.4 Å². The Hall–Kier alpha value is -3.81. The van der Waals surface area contributed by atoms with Crippen LogP contribution >= 0.6 is 23.2 Å². The largest absolute Gasteiger partial charge is 0.506 e. The number of hydrogen-bond donors (Lipinski definition) is 3. The molecule has 0 fully saturated rings. The Labute approximate surface area is 206 Å².